The first kappa shape index (κ1) is 17.0. The van der Waals surface area contributed by atoms with Gasteiger partial charge in [-0.05, 0) is 24.3 Å². The van der Waals surface area contributed by atoms with E-state index < -0.39 is 12.4 Å². The first-order chi connectivity index (χ1) is 13.2. The average molecular weight is 363 g/mol. The van der Waals surface area contributed by atoms with Gasteiger partial charge in [0.25, 0.3) is 5.91 Å². The highest BCUT2D eigenvalue weighted by molar-refractivity contribution is 6.02. The second-order valence-electron chi connectivity index (χ2n) is 6.18. The number of aromatic nitrogens is 2. The molecule has 0 saturated carbocycles. The van der Waals surface area contributed by atoms with Crippen molar-refractivity contribution in [2.24, 2.45) is 0 Å². The molecule has 7 heteroatoms. The van der Waals surface area contributed by atoms with Gasteiger partial charge in [-0.1, -0.05) is 30.3 Å². The molecule has 136 valence electrons. The average Bonchev–Trinajstić information content (AvgIpc) is 3.18. The number of nitrogens with one attached hydrogen (secondary N) is 1. The highest BCUT2D eigenvalue weighted by Gasteiger charge is 2.27. The lowest BCUT2D eigenvalue weighted by Gasteiger charge is -2.29. The molecule has 2 N–H and O–H groups in total. The van der Waals surface area contributed by atoms with Crippen LogP contribution in [-0.2, 0) is 11.3 Å². The van der Waals surface area contributed by atoms with E-state index in [0.717, 1.165) is 17.0 Å². The predicted octanol–water partition coefficient (Wildman–Crippen LogP) is 2.18. The quantitative estimate of drug-likeness (QED) is 0.678. The number of amides is 1. The summed E-state index contributed by atoms with van der Waals surface area (Å²) in [5.41, 5.74) is 3.35. The minimum Gasteiger partial charge on any atom is -0.482 e. The van der Waals surface area contributed by atoms with E-state index in [1.807, 2.05) is 36.4 Å². The molecule has 0 unspecified atom stereocenters. The minimum atomic E-state index is -0.589. The number of aromatic amines is 1. The largest absolute Gasteiger partial charge is 0.482 e. The maximum Gasteiger partial charge on any atom is 0.265 e. The van der Waals surface area contributed by atoms with Crippen LogP contribution < -0.4 is 9.64 Å². The number of nitrogens with zero attached hydrogens (tertiary/aromatic N) is 2. The third kappa shape index (κ3) is 3.32. The fourth-order valence-corrected chi connectivity index (χ4v) is 3.01. The highest BCUT2D eigenvalue weighted by Crippen LogP contribution is 2.34. The van der Waals surface area contributed by atoms with Crippen LogP contribution in [0, 0.1) is 0 Å². The lowest BCUT2D eigenvalue weighted by atomic mass is 10.1. The number of H-pyrrole nitrogens is 1. The van der Waals surface area contributed by atoms with E-state index in [2.05, 4.69) is 10.2 Å². The zero-order chi connectivity index (χ0) is 18.8. The van der Waals surface area contributed by atoms with Gasteiger partial charge in [-0.15, -0.1) is 0 Å². The molecule has 2 aromatic carbocycles. The van der Waals surface area contributed by atoms with Crippen molar-refractivity contribution < 1.29 is 19.4 Å². The maximum absolute atomic E-state index is 12.4. The van der Waals surface area contributed by atoms with E-state index in [0.29, 0.717) is 17.0 Å². The number of rotatable bonds is 5. The van der Waals surface area contributed by atoms with Crippen molar-refractivity contribution in [2.45, 2.75) is 6.54 Å². The van der Waals surface area contributed by atoms with Crippen molar-refractivity contribution in [1.29, 1.82) is 0 Å². The molecule has 0 aliphatic carbocycles. The van der Waals surface area contributed by atoms with E-state index in [-0.39, 0.29) is 19.1 Å². The molecule has 3 aromatic rings. The Morgan fingerprint density at radius 1 is 1.19 bits per heavy atom. The standard InChI is InChI=1S/C20H17N3O4/c24-11-18(25)14-6-7-19-17(8-14)23(20(26)12-27-19)10-15-9-16(22-21-15)13-4-2-1-3-5-13/h1-9,24H,10-12H2,(H,21,22). The fourth-order valence-electron chi connectivity index (χ4n) is 3.01. The van der Waals surface area contributed by atoms with Crippen LogP contribution >= 0.6 is 0 Å². The molecule has 0 bridgehead atoms. The van der Waals surface area contributed by atoms with Crippen molar-refractivity contribution in [3.63, 3.8) is 0 Å². The zero-order valence-corrected chi connectivity index (χ0v) is 14.4. The number of hydrogen-bond donors (Lipinski definition) is 2. The molecule has 2 heterocycles. The molecule has 1 aliphatic heterocycles. The summed E-state index contributed by atoms with van der Waals surface area (Å²) in [4.78, 5) is 25.8. The number of Topliss-reactive ketones (excluding diaryl/α,β-unsaturated/α-hetero) is 1. The van der Waals surface area contributed by atoms with Gasteiger partial charge in [-0.25, -0.2) is 0 Å². The first-order valence-corrected chi connectivity index (χ1v) is 8.46. The molecule has 1 amide bonds. The van der Waals surface area contributed by atoms with E-state index >= 15 is 0 Å². The molecule has 1 aliphatic rings. The first-order valence-electron chi connectivity index (χ1n) is 8.46. The summed E-state index contributed by atoms with van der Waals surface area (Å²) in [6, 6.07) is 16.4. The molecular formula is C20H17N3O4. The molecule has 27 heavy (non-hydrogen) atoms. The van der Waals surface area contributed by atoms with Crippen molar-refractivity contribution in [2.75, 3.05) is 18.1 Å². The lowest BCUT2D eigenvalue weighted by molar-refractivity contribution is -0.121. The smallest absolute Gasteiger partial charge is 0.265 e. The zero-order valence-electron chi connectivity index (χ0n) is 14.4. The van der Waals surface area contributed by atoms with Crippen LogP contribution in [0.15, 0.2) is 54.6 Å². The Morgan fingerprint density at radius 2 is 2.00 bits per heavy atom. The Balaban J connectivity index is 1.64. The van der Waals surface area contributed by atoms with E-state index in [9.17, 15) is 9.59 Å². The summed E-state index contributed by atoms with van der Waals surface area (Å²) in [6.45, 7) is -0.389. The SMILES string of the molecule is O=C(CO)c1ccc2c(c1)N(Cc1cc(-c3ccccc3)n[nH]1)C(=O)CO2. The van der Waals surface area contributed by atoms with Crippen LogP contribution in [-0.4, -0.2) is 40.2 Å². The Hall–Kier alpha value is -3.45. The number of anilines is 1. The van der Waals surface area contributed by atoms with E-state index in [4.69, 9.17) is 9.84 Å². The lowest BCUT2D eigenvalue weighted by Crippen LogP contribution is -2.38. The molecular weight excluding hydrogens is 346 g/mol. The van der Waals surface area contributed by atoms with E-state index in [1.165, 1.54) is 0 Å². The number of carbonyl (C=O) groups is 2. The van der Waals surface area contributed by atoms with Gasteiger partial charge in [0, 0.05) is 11.1 Å². The van der Waals surface area contributed by atoms with Gasteiger partial charge in [-0.3, -0.25) is 19.6 Å². The van der Waals surface area contributed by atoms with Crippen LogP contribution in [0.2, 0.25) is 0 Å². The van der Waals surface area contributed by atoms with Gasteiger partial charge < -0.3 is 9.84 Å². The second-order valence-corrected chi connectivity index (χ2v) is 6.18. The third-order valence-electron chi connectivity index (χ3n) is 4.40. The molecule has 7 nitrogen and oxygen atoms in total. The normalized spacial score (nSPS) is 13.2. The molecule has 0 saturated heterocycles. The Kier molecular flexibility index (Phi) is 4.43. The number of aliphatic hydroxyl groups excluding tert-OH is 1. The third-order valence-corrected chi connectivity index (χ3v) is 4.40. The molecule has 0 radical (unpaired) electrons. The summed E-state index contributed by atoms with van der Waals surface area (Å²) in [7, 11) is 0. The van der Waals surface area contributed by atoms with E-state index in [1.54, 1.807) is 23.1 Å². The van der Waals surface area contributed by atoms with Gasteiger partial charge in [0.05, 0.1) is 23.6 Å². The Labute approximate surface area is 155 Å². The topological polar surface area (TPSA) is 95.5 Å². The van der Waals surface area contributed by atoms with Gasteiger partial charge in [0.2, 0.25) is 0 Å². The number of hydrogen-bond acceptors (Lipinski definition) is 5. The number of fused-ring (bicyclic) bond motifs is 1. The van der Waals surface area contributed by atoms with Crippen LogP contribution in [0.4, 0.5) is 5.69 Å². The van der Waals surface area contributed by atoms with Crippen molar-refractivity contribution >= 4 is 17.4 Å². The maximum atomic E-state index is 12.4. The molecule has 0 atom stereocenters. The summed E-state index contributed by atoms with van der Waals surface area (Å²) >= 11 is 0. The molecule has 4 rings (SSSR count). The van der Waals surface area contributed by atoms with Crippen molar-refractivity contribution in [3.8, 4) is 17.0 Å². The van der Waals surface area contributed by atoms with Crippen LogP contribution in [0.25, 0.3) is 11.3 Å². The Morgan fingerprint density at radius 3 is 2.78 bits per heavy atom. The van der Waals surface area contributed by atoms with Gasteiger partial charge in [-0.2, -0.15) is 5.10 Å². The molecule has 1 aromatic heterocycles. The Bertz CT molecular complexity index is 997. The summed E-state index contributed by atoms with van der Waals surface area (Å²) in [5.74, 6) is -0.109. The van der Waals surface area contributed by atoms with Crippen molar-refractivity contribution in [3.05, 3.63) is 65.9 Å². The van der Waals surface area contributed by atoms with Crippen LogP contribution in [0.3, 0.4) is 0 Å². The number of carbonyl (C=O) groups excluding carboxylic acids is 2. The predicted molar refractivity (Wildman–Crippen MR) is 98.6 cm³/mol. The number of benzene rings is 2. The van der Waals surface area contributed by atoms with Crippen LogP contribution in [0.5, 0.6) is 5.75 Å². The molecule has 0 spiro atoms. The summed E-state index contributed by atoms with van der Waals surface area (Å²) in [6.07, 6.45) is 0. The highest BCUT2D eigenvalue weighted by atomic mass is 16.5. The summed E-state index contributed by atoms with van der Waals surface area (Å²) in [5, 5.41) is 16.4. The molecule has 0 fully saturated rings. The number of ketones is 1. The minimum absolute atomic E-state index is 0.0695. The van der Waals surface area contributed by atoms with Gasteiger partial charge >= 0.3 is 0 Å². The van der Waals surface area contributed by atoms with Crippen molar-refractivity contribution in [1.82, 2.24) is 10.2 Å². The van der Waals surface area contributed by atoms with Gasteiger partial charge in [0.1, 0.15) is 12.4 Å². The van der Waals surface area contributed by atoms with Gasteiger partial charge in [0.15, 0.2) is 12.4 Å². The number of aliphatic hydroxyl groups is 1. The second kappa shape index (κ2) is 7.05. The summed E-state index contributed by atoms with van der Waals surface area (Å²) < 4.78 is 5.46. The van der Waals surface area contributed by atoms with Crippen LogP contribution in [0.1, 0.15) is 16.1 Å². The fraction of sp³-hybridized carbons (Fsp3) is 0.150. The number of ether oxygens (including phenoxy) is 1. The monoisotopic (exact) mass is 363 g/mol.